The Kier molecular flexibility index (Phi) is 5.52. The van der Waals surface area contributed by atoms with Crippen molar-refractivity contribution in [1.29, 1.82) is 5.26 Å². The molecule has 0 bridgehead atoms. The zero-order chi connectivity index (χ0) is 22.1. The lowest BCUT2D eigenvalue weighted by molar-refractivity contribution is 0.827. The highest BCUT2D eigenvalue weighted by Crippen LogP contribution is 2.31. The molecule has 0 saturated heterocycles. The third-order valence-electron chi connectivity index (χ3n) is 5.47. The smallest absolute Gasteiger partial charge is 0.136 e. The predicted molar refractivity (Wildman–Crippen MR) is 138 cm³/mol. The third-order valence-corrected chi connectivity index (χ3v) is 6.87. The van der Waals surface area contributed by atoms with Gasteiger partial charge in [0.15, 0.2) is 0 Å². The number of halogens is 1. The van der Waals surface area contributed by atoms with Crippen molar-refractivity contribution in [1.82, 2.24) is 9.55 Å². The summed E-state index contributed by atoms with van der Waals surface area (Å²) < 4.78 is 3.35. The molecule has 2 aromatic heterocycles. The van der Waals surface area contributed by atoms with Gasteiger partial charge in [0, 0.05) is 55.7 Å². The van der Waals surface area contributed by atoms with Gasteiger partial charge in [-0.3, -0.25) is 0 Å². The van der Waals surface area contributed by atoms with E-state index in [4.69, 9.17) is 0 Å². The van der Waals surface area contributed by atoms with Crippen LogP contribution in [0.4, 0.5) is 5.69 Å². The number of aryl methyl sites for hydroxylation is 1. The summed E-state index contributed by atoms with van der Waals surface area (Å²) in [6, 6.07) is 25.1. The summed E-state index contributed by atoms with van der Waals surface area (Å²) >= 11 is 4.92. The van der Waals surface area contributed by atoms with Crippen LogP contribution in [0.1, 0.15) is 11.9 Å². The third kappa shape index (κ3) is 3.70. The molecular formula is C26H19BrN4S. The fourth-order valence-electron chi connectivity index (χ4n) is 3.93. The molecule has 2 heterocycles. The summed E-state index contributed by atoms with van der Waals surface area (Å²) in [4.78, 5) is 4.67. The lowest BCUT2D eigenvalue weighted by Crippen LogP contribution is -1.94. The van der Waals surface area contributed by atoms with Crippen molar-refractivity contribution < 1.29 is 0 Å². The van der Waals surface area contributed by atoms with Crippen LogP contribution in [-0.4, -0.2) is 9.55 Å². The zero-order valence-corrected chi connectivity index (χ0v) is 19.7. The highest BCUT2D eigenvalue weighted by atomic mass is 79.9. The second-order valence-electron chi connectivity index (χ2n) is 7.35. The summed E-state index contributed by atoms with van der Waals surface area (Å²) in [5, 5.41) is 18.1. The van der Waals surface area contributed by atoms with Crippen LogP contribution in [0.15, 0.2) is 82.8 Å². The largest absolute Gasteiger partial charge is 0.360 e. The van der Waals surface area contributed by atoms with E-state index < -0.39 is 0 Å². The van der Waals surface area contributed by atoms with E-state index in [1.807, 2.05) is 35.7 Å². The average molecular weight is 499 g/mol. The fraction of sp³-hybridized carbons (Fsp3) is 0.0769. The molecule has 0 unspecified atom stereocenters. The minimum Gasteiger partial charge on any atom is -0.360 e. The number of hydrogen-bond donors (Lipinski definition) is 1. The molecule has 1 N–H and O–H groups in total. The predicted octanol–water partition coefficient (Wildman–Crippen LogP) is 7.68. The molecule has 0 aliphatic heterocycles. The molecule has 0 amide bonds. The molecule has 0 fully saturated rings. The molecule has 0 aliphatic rings. The van der Waals surface area contributed by atoms with Gasteiger partial charge >= 0.3 is 0 Å². The van der Waals surface area contributed by atoms with Crippen LogP contribution < -0.4 is 5.32 Å². The van der Waals surface area contributed by atoms with Gasteiger partial charge < -0.3 is 9.88 Å². The maximum Gasteiger partial charge on any atom is 0.136 e. The molecule has 6 heteroatoms. The minimum absolute atomic E-state index is 0.509. The molecule has 5 rings (SSSR count). The molecular weight excluding hydrogens is 480 g/mol. The van der Waals surface area contributed by atoms with Gasteiger partial charge in [0.25, 0.3) is 0 Å². The topological polar surface area (TPSA) is 53.6 Å². The number of thiazole rings is 1. The maximum atomic E-state index is 9.72. The molecule has 156 valence electrons. The van der Waals surface area contributed by atoms with Gasteiger partial charge in [-0.25, -0.2) is 4.98 Å². The van der Waals surface area contributed by atoms with E-state index >= 15 is 0 Å². The quantitative estimate of drug-likeness (QED) is 0.253. The first-order chi connectivity index (χ1) is 15.7. The van der Waals surface area contributed by atoms with Gasteiger partial charge in [-0.1, -0.05) is 46.3 Å². The van der Waals surface area contributed by atoms with Crippen molar-refractivity contribution in [2.45, 2.75) is 13.5 Å². The number of para-hydroxylation sites is 1. The van der Waals surface area contributed by atoms with Crippen LogP contribution in [0.5, 0.6) is 0 Å². The first-order valence-electron chi connectivity index (χ1n) is 10.3. The van der Waals surface area contributed by atoms with Gasteiger partial charge in [-0.2, -0.15) is 5.26 Å². The second kappa shape index (κ2) is 8.62. The van der Waals surface area contributed by atoms with E-state index in [9.17, 15) is 5.26 Å². The lowest BCUT2D eigenvalue weighted by atomic mass is 10.1. The molecule has 0 radical (unpaired) electrons. The maximum absolute atomic E-state index is 9.72. The molecule has 0 saturated carbocycles. The van der Waals surface area contributed by atoms with Gasteiger partial charge in [-0.05, 0) is 43.3 Å². The van der Waals surface area contributed by atoms with E-state index in [2.05, 4.69) is 80.2 Å². The van der Waals surface area contributed by atoms with E-state index in [1.165, 1.54) is 33.1 Å². The minimum atomic E-state index is 0.509. The summed E-state index contributed by atoms with van der Waals surface area (Å²) in [6.45, 7) is 3.08. The molecule has 32 heavy (non-hydrogen) atoms. The van der Waals surface area contributed by atoms with Crippen LogP contribution in [0.3, 0.4) is 0 Å². The van der Waals surface area contributed by atoms with Crippen LogP contribution in [0, 0.1) is 11.3 Å². The summed E-state index contributed by atoms with van der Waals surface area (Å²) in [7, 11) is 0. The van der Waals surface area contributed by atoms with Crippen LogP contribution in [0.25, 0.3) is 38.6 Å². The van der Waals surface area contributed by atoms with Crippen molar-refractivity contribution in [3.8, 4) is 17.3 Å². The number of rotatable bonds is 5. The number of fused-ring (bicyclic) bond motifs is 3. The Balaban J connectivity index is 1.46. The average Bonchev–Trinajstić information content (AvgIpc) is 3.43. The number of anilines is 1. The van der Waals surface area contributed by atoms with Crippen molar-refractivity contribution in [3.05, 3.63) is 87.8 Å². The number of benzene rings is 3. The van der Waals surface area contributed by atoms with Crippen molar-refractivity contribution in [3.63, 3.8) is 0 Å². The van der Waals surface area contributed by atoms with Gasteiger partial charge in [0.2, 0.25) is 0 Å². The highest BCUT2D eigenvalue weighted by molar-refractivity contribution is 9.10. The number of nitrogens with zero attached hydrogens (tertiary/aromatic N) is 3. The van der Waals surface area contributed by atoms with Gasteiger partial charge in [-0.15, -0.1) is 11.3 Å². The normalized spacial score (nSPS) is 11.7. The Bertz CT molecular complexity index is 1500. The Hall–Kier alpha value is -3.40. The van der Waals surface area contributed by atoms with Crippen LogP contribution >= 0.6 is 27.3 Å². The van der Waals surface area contributed by atoms with E-state index in [0.29, 0.717) is 10.6 Å². The molecule has 4 nitrogen and oxygen atoms in total. The molecule has 5 aromatic rings. The summed E-state index contributed by atoms with van der Waals surface area (Å²) in [5.41, 5.74) is 5.79. The Morgan fingerprint density at radius 2 is 1.88 bits per heavy atom. The van der Waals surface area contributed by atoms with E-state index in [1.54, 1.807) is 6.20 Å². The lowest BCUT2D eigenvalue weighted by Gasteiger charge is -2.05. The van der Waals surface area contributed by atoms with Crippen molar-refractivity contribution in [2.24, 2.45) is 0 Å². The number of allylic oxidation sites excluding steroid dienone is 1. The Morgan fingerprint density at radius 1 is 1.09 bits per heavy atom. The fourth-order valence-corrected chi connectivity index (χ4v) is 4.99. The van der Waals surface area contributed by atoms with Gasteiger partial charge in [0.05, 0.1) is 5.69 Å². The second-order valence-corrected chi connectivity index (χ2v) is 9.13. The van der Waals surface area contributed by atoms with Crippen molar-refractivity contribution >= 4 is 60.3 Å². The number of nitriles is 1. The number of nitrogens with one attached hydrogen (secondary N) is 1. The number of aromatic nitrogens is 2. The summed E-state index contributed by atoms with van der Waals surface area (Å²) in [6.07, 6.45) is 1.74. The van der Waals surface area contributed by atoms with E-state index in [0.717, 1.165) is 28.0 Å². The molecule has 3 aromatic carbocycles. The van der Waals surface area contributed by atoms with E-state index in [-0.39, 0.29) is 0 Å². The highest BCUT2D eigenvalue weighted by Gasteiger charge is 2.11. The molecule has 0 atom stereocenters. The monoisotopic (exact) mass is 498 g/mol. The Labute approximate surface area is 198 Å². The van der Waals surface area contributed by atoms with Crippen LogP contribution in [0.2, 0.25) is 0 Å². The first-order valence-corrected chi connectivity index (χ1v) is 11.9. The standard InChI is InChI=1S/C26H19BrN4S/c1-2-31-24-6-4-3-5-21(24)22-13-20(11-12-25(22)31)29-15-18(14-28)26-30-23(16-32-26)17-7-9-19(27)10-8-17/h3-13,15-16,29H,2H2,1H3. The van der Waals surface area contributed by atoms with Crippen LogP contribution in [-0.2, 0) is 6.54 Å². The first kappa shape index (κ1) is 20.5. The summed E-state index contributed by atoms with van der Waals surface area (Å²) in [5.74, 6) is 0. The van der Waals surface area contributed by atoms with Gasteiger partial charge in [0.1, 0.15) is 16.6 Å². The SMILES string of the molecule is CCn1c2ccccc2c2cc(NC=C(C#N)c3nc(-c4ccc(Br)cc4)cs3)ccc21. The number of hydrogen-bond acceptors (Lipinski definition) is 4. The van der Waals surface area contributed by atoms with Crippen molar-refractivity contribution in [2.75, 3.05) is 5.32 Å². The molecule has 0 aliphatic carbocycles. The zero-order valence-electron chi connectivity index (χ0n) is 17.3. The molecule has 0 spiro atoms. The Morgan fingerprint density at radius 3 is 2.66 bits per heavy atom.